The molecular formula is C18H18FN5O2S. The van der Waals surface area contributed by atoms with Gasteiger partial charge in [0, 0.05) is 12.1 Å². The fourth-order valence-corrected chi connectivity index (χ4v) is 3.63. The molecule has 1 saturated carbocycles. The minimum atomic E-state index is -0.433. The van der Waals surface area contributed by atoms with E-state index < -0.39 is 5.25 Å². The number of carbonyl (C=O) groups is 1. The Bertz CT molecular complexity index is 982. The zero-order valence-corrected chi connectivity index (χ0v) is 15.7. The van der Waals surface area contributed by atoms with Crippen molar-refractivity contribution in [1.29, 1.82) is 0 Å². The average Bonchev–Trinajstić information content (AvgIpc) is 3.28. The van der Waals surface area contributed by atoms with Crippen molar-refractivity contribution in [3.63, 3.8) is 0 Å². The first-order valence-corrected chi connectivity index (χ1v) is 9.51. The molecule has 0 saturated heterocycles. The maximum absolute atomic E-state index is 14.2. The van der Waals surface area contributed by atoms with Crippen molar-refractivity contribution in [3.05, 3.63) is 41.9 Å². The van der Waals surface area contributed by atoms with Crippen molar-refractivity contribution < 1.29 is 13.7 Å². The van der Waals surface area contributed by atoms with Crippen LogP contribution in [0.2, 0.25) is 0 Å². The van der Waals surface area contributed by atoms with E-state index in [1.165, 1.54) is 17.8 Å². The summed E-state index contributed by atoms with van der Waals surface area (Å²) < 4.78 is 21.1. The quantitative estimate of drug-likeness (QED) is 0.647. The van der Waals surface area contributed by atoms with Gasteiger partial charge in [-0.1, -0.05) is 29.1 Å². The Balaban J connectivity index is 1.55. The zero-order chi connectivity index (χ0) is 19.0. The molecule has 1 fully saturated rings. The van der Waals surface area contributed by atoms with Crippen LogP contribution in [0.3, 0.4) is 0 Å². The molecule has 2 aromatic heterocycles. The summed E-state index contributed by atoms with van der Waals surface area (Å²) in [5.74, 6) is 0.939. The zero-order valence-electron chi connectivity index (χ0n) is 14.8. The van der Waals surface area contributed by atoms with E-state index in [4.69, 9.17) is 4.52 Å². The van der Waals surface area contributed by atoms with Crippen LogP contribution in [0, 0.1) is 12.7 Å². The number of hydrogen-bond acceptors (Lipinski definition) is 6. The highest BCUT2D eigenvalue weighted by Crippen LogP contribution is 2.42. The van der Waals surface area contributed by atoms with E-state index in [1.54, 1.807) is 38.1 Å². The third kappa shape index (κ3) is 3.73. The minimum Gasteiger partial charge on any atom is -0.360 e. The number of thioether (sulfide) groups is 1. The van der Waals surface area contributed by atoms with Crippen LogP contribution in [0.15, 0.2) is 40.0 Å². The number of carbonyl (C=O) groups excluding carboxylic acids is 1. The molecule has 7 nitrogen and oxygen atoms in total. The lowest BCUT2D eigenvalue weighted by Gasteiger charge is -2.12. The molecule has 1 aliphatic rings. The topological polar surface area (TPSA) is 85.8 Å². The number of aromatic nitrogens is 4. The average molecular weight is 387 g/mol. The van der Waals surface area contributed by atoms with E-state index in [2.05, 4.69) is 20.7 Å². The van der Waals surface area contributed by atoms with Crippen LogP contribution in [0.5, 0.6) is 0 Å². The number of hydrogen-bond donors (Lipinski definition) is 1. The van der Waals surface area contributed by atoms with Gasteiger partial charge in [0.1, 0.15) is 11.6 Å². The summed E-state index contributed by atoms with van der Waals surface area (Å²) in [5.41, 5.74) is 0.416. The molecule has 2 heterocycles. The molecule has 0 aliphatic heterocycles. The monoisotopic (exact) mass is 387 g/mol. The number of rotatable bonds is 6. The molecule has 1 aliphatic carbocycles. The lowest BCUT2D eigenvalue weighted by molar-refractivity contribution is -0.115. The smallest absolute Gasteiger partial charge is 0.238 e. The third-order valence-electron chi connectivity index (χ3n) is 4.22. The van der Waals surface area contributed by atoms with Crippen LogP contribution >= 0.6 is 11.8 Å². The lowest BCUT2D eigenvalue weighted by Crippen LogP contribution is -2.23. The van der Waals surface area contributed by atoms with Crippen molar-refractivity contribution in [3.8, 4) is 11.4 Å². The largest absolute Gasteiger partial charge is 0.360 e. The molecule has 1 aromatic carbocycles. The fraction of sp³-hybridized carbons (Fsp3) is 0.333. The van der Waals surface area contributed by atoms with Crippen LogP contribution < -0.4 is 5.32 Å². The summed E-state index contributed by atoms with van der Waals surface area (Å²) >= 11 is 1.29. The molecule has 0 spiro atoms. The van der Waals surface area contributed by atoms with E-state index >= 15 is 0 Å². The summed E-state index contributed by atoms with van der Waals surface area (Å²) in [4.78, 5) is 12.4. The number of benzene rings is 1. The number of nitrogens with one attached hydrogen (secondary N) is 1. The van der Waals surface area contributed by atoms with Gasteiger partial charge < -0.3 is 9.84 Å². The Labute approximate surface area is 159 Å². The predicted molar refractivity (Wildman–Crippen MR) is 98.9 cm³/mol. The van der Waals surface area contributed by atoms with E-state index in [-0.39, 0.29) is 17.8 Å². The summed E-state index contributed by atoms with van der Waals surface area (Å²) in [7, 11) is 0. The van der Waals surface area contributed by atoms with Gasteiger partial charge >= 0.3 is 0 Å². The fourth-order valence-electron chi connectivity index (χ4n) is 2.71. The molecule has 3 aromatic rings. The molecule has 27 heavy (non-hydrogen) atoms. The summed E-state index contributed by atoms with van der Waals surface area (Å²) in [5, 5.41) is 15.1. The number of halogens is 1. The van der Waals surface area contributed by atoms with Gasteiger partial charge in [-0.15, -0.1) is 10.2 Å². The first kappa shape index (κ1) is 17.7. The van der Waals surface area contributed by atoms with Gasteiger partial charge in [-0.05, 0) is 38.8 Å². The maximum Gasteiger partial charge on any atom is 0.238 e. The predicted octanol–water partition coefficient (Wildman–Crippen LogP) is 3.83. The van der Waals surface area contributed by atoms with Crippen molar-refractivity contribution in [2.24, 2.45) is 0 Å². The van der Waals surface area contributed by atoms with E-state index in [1.807, 2.05) is 4.57 Å². The van der Waals surface area contributed by atoms with Gasteiger partial charge in [0.2, 0.25) is 5.91 Å². The Kier molecular flexibility index (Phi) is 4.69. The number of amides is 1. The van der Waals surface area contributed by atoms with Crippen LogP contribution in [-0.2, 0) is 4.79 Å². The Morgan fingerprint density at radius 1 is 1.37 bits per heavy atom. The first-order valence-electron chi connectivity index (χ1n) is 8.63. The normalized spacial score (nSPS) is 14.9. The van der Waals surface area contributed by atoms with Crippen LogP contribution in [-0.4, -0.2) is 31.1 Å². The van der Waals surface area contributed by atoms with Crippen LogP contribution in [0.4, 0.5) is 10.2 Å². The second-order valence-corrected chi connectivity index (χ2v) is 7.77. The lowest BCUT2D eigenvalue weighted by atomic mass is 10.2. The molecule has 0 bridgehead atoms. The molecule has 4 rings (SSSR count). The van der Waals surface area contributed by atoms with Gasteiger partial charge in [0.05, 0.1) is 10.8 Å². The van der Waals surface area contributed by atoms with E-state index in [9.17, 15) is 9.18 Å². The minimum absolute atomic E-state index is 0.217. The molecule has 1 amide bonds. The highest BCUT2D eigenvalue weighted by Gasteiger charge is 2.32. The maximum atomic E-state index is 14.2. The second-order valence-electron chi connectivity index (χ2n) is 6.46. The van der Waals surface area contributed by atoms with Gasteiger partial charge in [0.25, 0.3) is 0 Å². The van der Waals surface area contributed by atoms with Crippen molar-refractivity contribution in [2.75, 3.05) is 5.32 Å². The molecule has 140 valence electrons. The molecule has 1 atom stereocenters. The van der Waals surface area contributed by atoms with E-state index in [0.29, 0.717) is 28.1 Å². The van der Waals surface area contributed by atoms with Gasteiger partial charge in [-0.25, -0.2) is 4.39 Å². The standard InChI is InChI=1S/C18H18FN5O2S/c1-10-9-15(23-26-10)20-17(25)11(2)27-18-22-21-16(24(18)12-7-8-12)13-5-3-4-6-14(13)19/h3-6,9,11-12H,7-8H2,1-2H3,(H,20,23,25)/t11-/m1/s1. The SMILES string of the molecule is Cc1cc(NC(=O)[C@@H](C)Sc2nnc(-c3ccccc3F)n2C2CC2)no1. The molecule has 0 unspecified atom stereocenters. The Morgan fingerprint density at radius 3 is 2.81 bits per heavy atom. The molecular weight excluding hydrogens is 369 g/mol. The van der Waals surface area contributed by atoms with Gasteiger partial charge in [-0.3, -0.25) is 9.36 Å². The van der Waals surface area contributed by atoms with E-state index in [0.717, 1.165) is 12.8 Å². The van der Waals surface area contributed by atoms with Crippen molar-refractivity contribution in [2.45, 2.75) is 43.1 Å². The Hall–Kier alpha value is -2.68. The van der Waals surface area contributed by atoms with Gasteiger partial charge in [0.15, 0.2) is 16.8 Å². The summed E-state index contributed by atoms with van der Waals surface area (Å²) in [6.45, 7) is 3.53. The van der Waals surface area contributed by atoms with Crippen LogP contribution in [0.25, 0.3) is 11.4 Å². The highest BCUT2D eigenvalue weighted by atomic mass is 32.2. The second kappa shape index (κ2) is 7.15. The first-order chi connectivity index (χ1) is 13.0. The Morgan fingerprint density at radius 2 is 2.15 bits per heavy atom. The van der Waals surface area contributed by atoms with Gasteiger partial charge in [-0.2, -0.15) is 0 Å². The molecule has 9 heteroatoms. The number of anilines is 1. The van der Waals surface area contributed by atoms with Crippen molar-refractivity contribution >= 4 is 23.5 Å². The number of nitrogens with zero attached hydrogens (tertiary/aromatic N) is 4. The molecule has 1 N–H and O–H groups in total. The summed E-state index contributed by atoms with van der Waals surface area (Å²) in [6, 6.07) is 8.40. The number of aryl methyl sites for hydroxylation is 1. The summed E-state index contributed by atoms with van der Waals surface area (Å²) in [6.07, 6.45) is 1.98. The molecule has 0 radical (unpaired) electrons. The highest BCUT2D eigenvalue weighted by molar-refractivity contribution is 8.00. The third-order valence-corrected chi connectivity index (χ3v) is 5.28. The van der Waals surface area contributed by atoms with Crippen molar-refractivity contribution in [1.82, 2.24) is 19.9 Å². The van der Waals surface area contributed by atoms with Crippen LogP contribution in [0.1, 0.15) is 31.6 Å².